The van der Waals surface area contributed by atoms with Gasteiger partial charge in [-0.05, 0) is 19.3 Å². The number of rotatable bonds is 5. The summed E-state index contributed by atoms with van der Waals surface area (Å²) in [6.07, 6.45) is 6.31. The maximum atomic E-state index is 11.0. The molecule has 1 heterocycles. The van der Waals surface area contributed by atoms with Gasteiger partial charge >= 0.3 is 11.9 Å². The van der Waals surface area contributed by atoms with Crippen LogP contribution in [0, 0.1) is 12.3 Å². The van der Waals surface area contributed by atoms with Gasteiger partial charge in [0.15, 0.2) is 0 Å². The summed E-state index contributed by atoms with van der Waals surface area (Å²) in [6.45, 7) is 2.11. The Morgan fingerprint density at radius 3 is 2.77 bits per heavy atom. The summed E-state index contributed by atoms with van der Waals surface area (Å²) in [4.78, 5) is 21.7. The fourth-order valence-corrected chi connectivity index (χ4v) is 1.41. The van der Waals surface area contributed by atoms with Crippen LogP contribution in [-0.4, -0.2) is 11.9 Å². The van der Waals surface area contributed by atoms with Crippen LogP contribution in [0.4, 0.5) is 0 Å². The number of carbonyl (C=O) groups is 2. The SMILES string of the molecule is CCC[CH]CCC1CC(=O)OC1=O. The van der Waals surface area contributed by atoms with E-state index in [2.05, 4.69) is 18.1 Å². The molecule has 0 amide bonds. The molecular weight excluding hydrogens is 168 g/mol. The zero-order valence-electron chi connectivity index (χ0n) is 7.91. The molecule has 0 aromatic carbocycles. The first-order valence-electron chi connectivity index (χ1n) is 4.80. The normalized spacial score (nSPS) is 22.1. The van der Waals surface area contributed by atoms with Gasteiger partial charge in [0.25, 0.3) is 0 Å². The molecule has 1 saturated heterocycles. The molecule has 73 valence electrons. The first-order chi connectivity index (χ1) is 6.24. The van der Waals surface area contributed by atoms with Crippen LogP contribution in [0.2, 0.25) is 0 Å². The fraction of sp³-hybridized carbons (Fsp3) is 0.700. The Bertz CT molecular complexity index is 198. The molecule has 1 fully saturated rings. The van der Waals surface area contributed by atoms with Crippen LogP contribution >= 0.6 is 0 Å². The molecule has 0 saturated carbocycles. The first kappa shape index (κ1) is 10.2. The van der Waals surface area contributed by atoms with Gasteiger partial charge in [0.2, 0.25) is 0 Å². The van der Waals surface area contributed by atoms with Crippen molar-refractivity contribution < 1.29 is 14.3 Å². The molecule has 0 aromatic heterocycles. The minimum Gasteiger partial charge on any atom is -0.393 e. The molecule has 3 nitrogen and oxygen atoms in total. The van der Waals surface area contributed by atoms with E-state index in [1.54, 1.807) is 0 Å². The van der Waals surface area contributed by atoms with E-state index in [0.717, 1.165) is 25.7 Å². The second-order valence-electron chi connectivity index (χ2n) is 3.35. The molecule has 0 bridgehead atoms. The fourth-order valence-electron chi connectivity index (χ4n) is 1.41. The van der Waals surface area contributed by atoms with E-state index in [9.17, 15) is 9.59 Å². The lowest BCUT2D eigenvalue weighted by molar-refractivity contribution is -0.153. The van der Waals surface area contributed by atoms with Gasteiger partial charge in [-0.2, -0.15) is 0 Å². The minimum absolute atomic E-state index is 0.180. The van der Waals surface area contributed by atoms with Crippen molar-refractivity contribution in [1.29, 1.82) is 0 Å². The maximum Gasteiger partial charge on any atom is 0.317 e. The first-order valence-corrected chi connectivity index (χ1v) is 4.80. The molecule has 1 radical (unpaired) electrons. The quantitative estimate of drug-likeness (QED) is 0.371. The molecule has 3 heteroatoms. The van der Waals surface area contributed by atoms with Crippen LogP contribution < -0.4 is 0 Å². The average Bonchev–Trinajstić information content (AvgIpc) is 2.39. The molecule has 0 aliphatic carbocycles. The Labute approximate surface area is 78.5 Å². The topological polar surface area (TPSA) is 43.4 Å². The van der Waals surface area contributed by atoms with E-state index in [1.165, 1.54) is 0 Å². The maximum absolute atomic E-state index is 11.0. The number of hydrogen-bond acceptors (Lipinski definition) is 3. The number of carbonyl (C=O) groups excluding carboxylic acids is 2. The Kier molecular flexibility index (Phi) is 3.93. The summed E-state index contributed by atoms with van der Waals surface area (Å²) in [6, 6.07) is 0. The second kappa shape index (κ2) is 5.00. The van der Waals surface area contributed by atoms with Crippen LogP contribution in [0.5, 0.6) is 0 Å². The van der Waals surface area contributed by atoms with Crippen LogP contribution in [0.1, 0.15) is 39.0 Å². The standard InChI is InChI=1S/C10H15O3/c1-2-3-4-5-6-8-7-9(11)13-10(8)12/h4,8H,2-3,5-7H2,1H3. The number of cyclic esters (lactones) is 2. The van der Waals surface area contributed by atoms with E-state index in [-0.39, 0.29) is 24.3 Å². The van der Waals surface area contributed by atoms with Crippen LogP contribution in [0.15, 0.2) is 0 Å². The molecular formula is C10H15O3. The molecule has 1 atom stereocenters. The molecule has 1 aliphatic rings. The number of unbranched alkanes of at least 4 members (excludes halogenated alkanes) is 3. The zero-order chi connectivity index (χ0) is 9.68. The third kappa shape index (κ3) is 3.17. The highest BCUT2D eigenvalue weighted by atomic mass is 16.6. The Morgan fingerprint density at radius 2 is 2.23 bits per heavy atom. The lowest BCUT2D eigenvalue weighted by Gasteiger charge is -2.02. The highest BCUT2D eigenvalue weighted by Crippen LogP contribution is 2.21. The van der Waals surface area contributed by atoms with E-state index in [0.29, 0.717) is 0 Å². The van der Waals surface area contributed by atoms with Crippen molar-refractivity contribution >= 4 is 11.9 Å². The number of hydrogen-bond donors (Lipinski definition) is 0. The van der Waals surface area contributed by atoms with Crippen LogP contribution in [0.3, 0.4) is 0 Å². The van der Waals surface area contributed by atoms with E-state index in [1.807, 2.05) is 0 Å². The molecule has 0 spiro atoms. The average molecular weight is 183 g/mol. The predicted molar refractivity (Wildman–Crippen MR) is 47.6 cm³/mol. The molecule has 1 aliphatic heterocycles. The number of esters is 2. The van der Waals surface area contributed by atoms with Crippen molar-refractivity contribution in [3.05, 3.63) is 6.42 Å². The third-order valence-corrected chi connectivity index (χ3v) is 2.17. The van der Waals surface area contributed by atoms with Crippen molar-refractivity contribution in [2.75, 3.05) is 0 Å². The Morgan fingerprint density at radius 1 is 1.46 bits per heavy atom. The van der Waals surface area contributed by atoms with Gasteiger partial charge in [0.1, 0.15) is 0 Å². The summed E-state index contributed by atoms with van der Waals surface area (Å²) >= 11 is 0. The van der Waals surface area contributed by atoms with Gasteiger partial charge in [0, 0.05) is 0 Å². The van der Waals surface area contributed by atoms with Crippen LogP contribution in [0.25, 0.3) is 0 Å². The zero-order valence-corrected chi connectivity index (χ0v) is 7.91. The van der Waals surface area contributed by atoms with Crippen LogP contribution in [-0.2, 0) is 14.3 Å². The van der Waals surface area contributed by atoms with Crippen molar-refractivity contribution in [2.45, 2.75) is 39.0 Å². The van der Waals surface area contributed by atoms with E-state index in [4.69, 9.17) is 0 Å². The largest absolute Gasteiger partial charge is 0.393 e. The predicted octanol–water partition coefficient (Wildman–Crippen LogP) is 1.86. The third-order valence-electron chi connectivity index (χ3n) is 2.17. The summed E-state index contributed by atoms with van der Waals surface area (Å²) in [5, 5.41) is 0. The molecule has 1 unspecified atom stereocenters. The number of ether oxygens (including phenoxy) is 1. The van der Waals surface area contributed by atoms with Gasteiger partial charge in [-0.15, -0.1) is 0 Å². The molecule has 0 aromatic rings. The van der Waals surface area contributed by atoms with E-state index >= 15 is 0 Å². The second-order valence-corrected chi connectivity index (χ2v) is 3.35. The van der Waals surface area contributed by atoms with Gasteiger partial charge < -0.3 is 4.74 Å². The van der Waals surface area contributed by atoms with Gasteiger partial charge in [0.05, 0.1) is 12.3 Å². The van der Waals surface area contributed by atoms with Gasteiger partial charge in [-0.25, -0.2) is 0 Å². The Hall–Kier alpha value is -0.860. The summed E-state index contributed by atoms with van der Waals surface area (Å²) in [5.41, 5.74) is 0. The Balaban J connectivity index is 2.14. The van der Waals surface area contributed by atoms with Crippen molar-refractivity contribution in [1.82, 2.24) is 0 Å². The van der Waals surface area contributed by atoms with Crippen molar-refractivity contribution in [3.63, 3.8) is 0 Å². The van der Waals surface area contributed by atoms with Crippen molar-refractivity contribution in [3.8, 4) is 0 Å². The monoisotopic (exact) mass is 183 g/mol. The highest BCUT2D eigenvalue weighted by molar-refractivity contribution is 5.94. The highest BCUT2D eigenvalue weighted by Gasteiger charge is 2.32. The summed E-state index contributed by atoms with van der Waals surface area (Å²) in [7, 11) is 0. The summed E-state index contributed by atoms with van der Waals surface area (Å²) in [5.74, 6) is -0.888. The molecule has 1 rings (SSSR count). The lowest BCUT2D eigenvalue weighted by atomic mass is 9.99. The molecule has 0 N–H and O–H groups in total. The minimum atomic E-state index is -0.370. The van der Waals surface area contributed by atoms with Gasteiger partial charge in [-0.3, -0.25) is 9.59 Å². The smallest absolute Gasteiger partial charge is 0.317 e. The lowest BCUT2D eigenvalue weighted by Crippen LogP contribution is -2.07. The van der Waals surface area contributed by atoms with Crippen molar-refractivity contribution in [2.24, 2.45) is 5.92 Å². The summed E-state index contributed by atoms with van der Waals surface area (Å²) < 4.78 is 4.44. The molecule has 13 heavy (non-hydrogen) atoms. The van der Waals surface area contributed by atoms with Gasteiger partial charge in [-0.1, -0.05) is 19.8 Å². The van der Waals surface area contributed by atoms with E-state index < -0.39 is 0 Å².